The number of nitrogen functional groups attached to an aromatic ring is 1. The van der Waals surface area contributed by atoms with Gasteiger partial charge in [0, 0.05) is 23.9 Å². The number of aryl methyl sites for hydroxylation is 1. The molecule has 0 aliphatic carbocycles. The highest BCUT2D eigenvalue weighted by Crippen LogP contribution is 2.39. The van der Waals surface area contributed by atoms with E-state index in [1.165, 1.54) is 18.2 Å². The van der Waals surface area contributed by atoms with Gasteiger partial charge in [0.1, 0.15) is 22.8 Å². The molecule has 0 saturated heterocycles. The Bertz CT molecular complexity index is 1590. The Morgan fingerprint density at radius 3 is 2.68 bits per heavy atom. The highest BCUT2D eigenvalue weighted by molar-refractivity contribution is 9.09. The number of hydrogen-bond acceptors (Lipinski definition) is 8. The number of ether oxygens (including phenoxy) is 1. The fourth-order valence-corrected chi connectivity index (χ4v) is 5.10. The number of imidazole rings is 1. The first-order valence-corrected chi connectivity index (χ1v) is 15.8. The number of carbonyl (C=O) groups is 1. The van der Waals surface area contributed by atoms with E-state index in [0.717, 1.165) is 35.1 Å². The highest BCUT2D eigenvalue weighted by atomic mass is 79.9. The van der Waals surface area contributed by atoms with Crippen molar-refractivity contribution in [3.05, 3.63) is 53.3 Å². The summed E-state index contributed by atoms with van der Waals surface area (Å²) in [4.78, 5) is 39.2. The van der Waals surface area contributed by atoms with E-state index in [9.17, 15) is 24.3 Å². The van der Waals surface area contributed by atoms with Crippen LogP contribution in [0.2, 0.25) is 0 Å². The number of nitrogens with one attached hydrogen (secondary N) is 1. The Balaban J connectivity index is 1.66. The summed E-state index contributed by atoms with van der Waals surface area (Å²) >= 11 is 3.10. The molecular formula is C27H33BrN5O7P. The number of rotatable bonds is 14. The van der Waals surface area contributed by atoms with Gasteiger partial charge >= 0.3 is 7.82 Å². The minimum atomic E-state index is -4.77. The van der Waals surface area contributed by atoms with E-state index < -0.39 is 7.82 Å². The molecule has 2 heterocycles. The molecule has 0 atom stereocenters. The topological polar surface area (TPSA) is 182 Å². The van der Waals surface area contributed by atoms with Crippen LogP contribution in [0.15, 0.2) is 36.4 Å². The Labute approximate surface area is 245 Å². The third-order valence-corrected chi connectivity index (χ3v) is 7.39. The van der Waals surface area contributed by atoms with Gasteiger partial charge in [-0.25, -0.2) is 14.5 Å². The molecule has 0 aliphatic rings. The van der Waals surface area contributed by atoms with Gasteiger partial charge < -0.3 is 30.0 Å². The number of alkyl halides is 1. The number of pyridine rings is 1. The zero-order valence-electron chi connectivity index (χ0n) is 22.5. The number of nitrogens with zero attached hydrogens (tertiary/aromatic N) is 3. The van der Waals surface area contributed by atoms with Gasteiger partial charge in [0.15, 0.2) is 5.82 Å². The number of hydrogen-bond donors (Lipinski definition) is 5. The van der Waals surface area contributed by atoms with E-state index in [-0.39, 0.29) is 35.1 Å². The molecule has 12 nitrogen and oxygen atoms in total. The van der Waals surface area contributed by atoms with Gasteiger partial charge in [0.05, 0.1) is 36.1 Å². The van der Waals surface area contributed by atoms with Gasteiger partial charge in [-0.05, 0) is 42.7 Å². The van der Waals surface area contributed by atoms with Crippen molar-refractivity contribution in [1.29, 1.82) is 0 Å². The van der Waals surface area contributed by atoms with Crippen LogP contribution >= 0.6 is 23.8 Å². The fourth-order valence-electron chi connectivity index (χ4n) is 4.51. The molecule has 220 valence electrons. The Morgan fingerprint density at radius 2 is 1.95 bits per heavy atom. The quantitative estimate of drug-likeness (QED) is 0.0765. The van der Waals surface area contributed by atoms with Crippen LogP contribution in [0.1, 0.15) is 36.7 Å². The van der Waals surface area contributed by atoms with Gasteiger partial charge in [-0.3, -0.25) is 14.6 Å². The van der Waals surface area contributed by atoms with Gasteiger partial charge in [0.2, 0.25) is 5.91 Å². The second-order valence-corrected chi connectivity index (χ2v) is 11.2. The minimum Gasteiger partial charge on any atom is -0.508 e. The summed E-state index contributed by atoms with van der Waals surface area (Å²) in [5, 5.41) is 14.4. The number of aromatic nitrogens is 3. The standard InChI is InChI=1S/C27H33BrN5O7P/c1-2-3-4-23-32-25-26(33(23)16-18-14-19(6-8-22(18)34)40-41(36,37)38)20-7-5-17(13-21(20)31-27(25)29)9-11-39-12-10-30-24(35)15-28/h5-8,13-14,34H,2-4,9-12,15-16H2,1H3,(H2,29,31)(H,30,35)(H2,36,37,38). The van der Waals surface area contributed by atoms with Crippen molar-refractivity contribution in [2.45, 2.75) is 39.2 Å². The van der Waals surface area contributed by atoms with E-state index in [4.69, 9.17) is 20.0 Å². The van der Waals surface area contributed by atoms with Gasteiger partial charge in [-0.15, -0.1) is 0 Å². The Hall–Kier alpha value is -3.22. The summed E-state index contributed by atoms with van der Waals surface area (Å²) in [7, 11) is -4.77. The number of phenolic OH excluding ortho intramolecular Hbond substituents is 1. The molecule has 41 heavy (non-hydrogen) atoms. The van der Waals surface area contributed by atoms with Crippen LogP contribution < -0.4 is 15.6 Å². The largest absolute Gasteiger partial charge is 0.524 e. The fraction of sp³-hybridized carbons (Fsp3) is 0.370. The van der Waals surface area contributed by atoms with Crippen molar-refractivity contribution >= 4 is 57.4 Å². The lowest BCUT2D eigenvalue weighted by molar-refractivity contribution is -0.118. The first-order valence-electron chi connectivity index (χ1n) is 13.1. The number of aromatic hydroxyl groups is 1. The van der Waals surface area contributed by atoms with Crippen LogP contribution in [-0.4, -0.2) is 60.4 Å². The Morgan fingerprint density at radius 1 is 1.15 bits per heavy atom. The normalized spacial score (nSPS) is 11.8. The molecule has 0 fully saturated rings. The maximum absolute atomic E-state index is 11.4. The molecule has 0 aliphatic heterocycles. The smallest absolute Gasteiger partial charge is 0.508 e. The number of phosphoric ester groups is 1. The number of benzene rings is 2. The summed E-state index contributed by atoms with van der Waals surface area (Å²) in [6, 6.07) is 9.94. The maximum atomic E-state index is 11.4. The molecule has 6 N–H and O–H groups in total. The summed E-state index contributed by atoms with van der Waals surface area (Å²) < 4.78 is 23.7. The predicted molar refractivity (Wildman–Crippen MR) is 159 cm³/mol. The van der Waals surface area contributed by atoms with Gasteiger partial charge in [0.25, 0.3) is 0 Å². The minimum absolute atomic E-state index is 0.0493. The molecule has 2 aromatic heterocycles. The molecular weight excluding hydrogens is 617 g/mol. The summed E-state index contributed by atoms with van der Waals surface area (Å²) in [6.07, 6.45) is 3.13. The van der Waals surface area contributed by atoms with E-state index >= 15 is 0 Å². The zero-order chi connectivity index (χ0) is 29.6. The van der Waals surface area contributed by atoms with Crippen molar-refractivity contribution in [2.24, 2.45) is 0 Å². The van der Waals surface area contributed by atoms with Crippen molar-refractivity contribution in [3.63, 3.8) is 0 Å². The maximum Gasteiger partial charge on any atom is 0.524 e. The first kappa shape index (κ1) is 30.7. The van der Waals surface area contributed by atoms with Gasteiger partial charge in [-0.2, -0.15) is 0 Å². The van der Waals surface area contributed by atoms with Crippen LogP contribution in [0.25, 0.3) is 21.9 Å². The average molecular weight is 650 g/mol. The van der Waals surface area contributed by atoms with Crippen molar-refractivity contribution in [1.82, 2.24) is 19.9 Å². The summed E-state index contributed by atoms with van der Waals surface area (Å²) in [6.45, 7) is 3.56. The number of fused-ring (bicyclic) bond motifs is 3. The number of phenols is 1. The van der Waals surface area contributed by atoms with Crippen LogP contribution in [0, 0.1) is 0 Å². The Kier molecular flexibility index (Phi) is 10.2. The molecule has 4 rings (SSSR count). The van der Waals surface area contributed by atoms with Crippen molar-refractivity contribution < 1.29 is 33.5 Å². The number of nitrogens with two attached hydrogens (primary N) is 1. The van der Waals surface area contributed by atoms with E-state index in [1.54, 1.807) is 0 Å². The number of halogens is 1. The van der Waals surface area contributed by atoms with Crippen LogP contribution in [-0.2, 0) is 33.5 Å². The van der Waals surface area contributed by atoms with Gasteiger partial charge in [-0.1, -0.05) is 41.4 Å². The van der Waals surface area contributed by atoms with Crippen molar-refractivity contribution in [2.75, 3.05) is 30.8 Å². The summed E-state index contributed by atoms with van der Waals surface area (Å²) in [5.74, 6) is 0.837. The molecule has 4 aromatic rings. The number of anilines is 1. The number of amides is 1. The van der Waals surface area contributed by atoms with E-state index in [1.807, 2.05) is 22.8 Å². The molecule has 0 saturated carbocycles. The predicted octanol–water partition coefficient (Wildman–Crippen LogP) is 3.80. The number of phosphoric acid groups is 1. The molecule has 14 heteroatoms. The monoisotopic (exact) mass is 649 g/mol. The van der Waals surface area contributed by atoms with E-state index in [0.29, 0.717) is 49.2 Å². The first-order chi connectivity index (χ1) is 19.6. The molecule has 0 radical (unpaired) electrons. The molecule has 0 bridgehead atoms. The van der Waals surface area contributed by atoms with Crippen LogP contribution in [0.3, 0.4) is 0 Å². The van der Waals surface area contributed by atoms with Crippen LogP contribution in [0.5, 0.6) is 11.5 Å². The lowest BCUT2D eigenvalue weighted by atomic mass is 10.1. The summed E-state index contributed by atoms with van der Waals surface area (Å²) in [5.41, 5.74) is 9.78. The third-order valence-electron chi connectivity index (χ3n) is 6.43. The molecule has 1 amide bonds. The number of carbonyl (C=O) groups excluding carboxylic acids is 1. The SMILES string of the molecule is CCCCc1nc2c(N)nc3cc(CCOCCNC(=O)CBr)ccc3c2n1Cc1cc(OP(=O)(O)O)ccc1O. The second kappa shape index (κ2) is 13.6. The lowest BCUT2D eigenvalue weighted by Crippen LogP contribution is -2.28. The molecule has 0 spiro atoms. The van der Waals surface area contributed by atoms with Crippen molar-refractivity contribution in [3.8, 4) is 11.5 Å². The lowest BCUT2D eigenvalue weighted by Gasteiger charge is -2.14. The van der Waals surface area contributed by atoms with E-state index in [2.05, 4.69) is 33.2 Å². The second-order valence-electron chi connectivity index (χ2n) is 9.48. The highest BCUT2D eigenvalue weighted by Gasteiger charge is 2.21. The molecule has 0 unspecified atom stereocenters. The zero-order valence-corrected chi connectivity index (χ0v) is 25.0. The average Bonchev–Trinajstić information content (AvgIpc) is 3.29. The third kappa shape index (κ3) is 7.96. The van der Waals surface area contributed by atoms with Crippen LogP contribution in [0.4, 0.5) is 5.82 Å². The molecule has 2 aromatic carbocycles. The number of unbranched alkanes of at least 4 members (excludes halogenated alkanes) is 1.